The predicted octanol–water partition coefficient (Wildman–Crippen LogP) is 18.7. The predicted molar refractivity (Wildman–Crippen MR) is 495 cm³/mol. The Morgan fingerprint density at radius 2 is 0.527 bits per heavy atom. The van der Waals surface area contributed by atoms with E-state index in [2.05, 4.69) is 39.9 Å². The summed E-state index contributed by atoms with van der Waals surface area (Å²) in [5.41, 5.74) is 5.21. The molecule has 27 nitrogen and oxygen atoms in total. The van der Waals surface area contributed by atoms with Crippen LogP contribution in [-0.2, 0) is 62.0 Å². The lowest BCUT2D eigenvalue weighted by atomic mass is 9.72. The van der Waals surface area contributed by atoms with Gasteiger partial charge in [-0.15, -0.1) is 0 Å². The normalized spacial score (nSPS) is 11.7. The average molecular weight is 1760 g/mol. The van der Waals surface area contributed by atoms with Gasteiger partial charge in [-0.2, -0.15) is 9.97 Å². The number of carboxylic acid groups (broad SMARTS) is 4. The van der Waals surface area contributed by atoms with Crippen LogP contribution in [0.25, 0.3) is 0 Å². The summed E-state index contributed by atoms with van der Waals surface area (Å²) in [6, 6.07) is 86.1. The van der Waals surface area contributed by atoms with Crippen LogP contribution in [0.15, 0.2) is 285 Å². The fourth-order valence-electron chi connectivity index (χ4n) is 14.5. The van der Waals surface area contributed by atoms with Crippen LogP contribution in [0.2, 0.25) is 0 Å². The number of ether oxygens (including phenoxy) is 11. The highest BCUT2D eigenvalue weighted by atomic mass is 16.6. The number of aryl methyl sites for hydroxylation is 6. The largest absolute Gasteiger partial charge is 0.493 e. The molecule has 680 valence electrons. The molecule has 0 aliphatic carbocycles. The zero-order valence-electron chi connectivity index (χ0n) is 70.8. The monoisotopic (exact) mass is 1760 g/mol. The first kappa shape index (κ1) is 105. The van der Waals surface area contributed by atoms with E-state index in [0.717, 1.165) is 28.1 Å². The molecule has 9 aromatic carbocycles. The van der Waals surface area contributed by atoms with Crippen molar-refractivity contribution in [3.63, 3.8) is 0 Å². The molecule has 0 bridgehead atoms. The van der Waals surface area contributed by atoms with Crippen LogP contribution >= 0.6 is 0 Å². The molecule has 0 saturated carbocycles. The van der Waals surface area contributed by atoms with Crippen LogP contribution in [0.5, 0.6) is 47.3 Å². The fourth-order valence-corrected chi connectivity index (χ4v) is 14.5. The average Bonchev–Trinajstić information content (AvgIpc) is 0.956. The maximum absolute atomic E-state index is 13.0. The van der Waals surface area contributed by atoms with Gasteiger partial charge in [0, 0.05) is 48.4 Å². The van der Waals surface area contributed by atoms with Crippen molar-refractivity contribution in [1.82, 2.24) is 39.9 Å². The summed E-state index contributed by atoms with van der Waals surface area (Å²) < 4.78 is 63.2. The molecule has 4 heterocycles. The van der Waals surface area contributed by atoms with Crippen LogP contribution in [-0.4, -0.2) is 158 Å². The van der Waals surface area contributed by atoms with Crippen molar-refractivity contribution in [1.29, 1.82) is 0 Å². The molecule has 0 aliphatic rings. The molecule has 0 saturated heterocycles. The first-order chi connectivity index (χ1) is 59.8. The minimum atomic E-state index is -1.52. The van der Waals surface area contributed by atoms with Gasteiger partial charge in [0.05, 0.1) is 46.5 Å². The van der Waals surface area contributed by atoms with E-state index < -0.39 is 70.5 Å². The summed E-state index contributed by atoms with van der Waals surface area (Å²) in [6.07, 6.45) is -5.17. The van der Waals surface area contributed by atoms with E-state index >= 15 is 0 Å². The molecular formula is C102H118N8O19. The number of hydrogen-bond donors (Lipinski definition) is 4. The van der Waals surface area contributed by atoms with Crippen LogP contribution < -0.4 is 37.9 Å². The molecule has 4 N–H and O–H groups in total. The van der Waals surface area contributed by atoms with Gasteiger partial charge in [-0.3, -0.25) is 0 Å². The van der Waals surface area contributed by atoms with Gasteiger partial charge in [0.25, 0.3) is 0 Å². The molecule has 27 heteroatoms. The van der Waals surface area contributed by atoms with Crippen LogP contribution in [0, 0.1) is 41.5 Å². The number of carbonyl (C=O) groups is 4. The van der Waals surface area contributed by atoms with Crippen LogP contribution in [0.1, 0.15) is 128 Å². The summed E-state index contributed by atoms with van der Waals surface area (Å²) in [4.78, 5) is 83.9. The van der Waals surface area contributed by atoms with E-state index in [9.17, 15) is 39.6 Å². The number of methoxy groups -OCH3 is 6. The Bertz CT molecular complexity index is 5390. The second-order valence-corrected chi connectivity index (χ2v) is 28.4. The standard InChI is InChI=1S/C31H32N2O6.C22H22N2O6.C22H22N2O4.C22H22N2O3.5CH4/c1-21-19-22(2)33-30(32-21)39-28(29(34)35)31(24-11-7-5-8-12-24,25-13-9-6-10-14-25)38-18-17-23-15-16-26(36-3)27(20-23)37-4;1-27-17-14-18(28-2)24-21(23-17)30-19(20(25)26)22(29-3,15-10-6-4-7-11-15)16-12-8-5-9-13-16;1-15-14-16(2)24-21(23-15)28-19(20(25)26)22(27-3,17-10-6-4-7-11-17)18-12-8-5-9-13-18;1-15-14-16(2)24-21(23-15)27-19(20(25)26)22(3,17-10-6-4-7-11-17)18-12-8-5-9-13-18;;;;;/h5-16,19-20,28H,17-18H2,1-4H3,(H,34,35);4-14,19H,1-3H3,(H,25,26);4-14,19H,1-3H3,(H,25,26);4-14,19H,1-3H3,(H,25,26);5*1H4. The molecule has 4 unspecified atom stereocenters. The SMILES string of the molecule is C.C.C.C.C.COC(c1ccccc1)(c1ccccc1)C(Oc1nc(C)cc(C)n1)C(=O)O.COc1cc(OC)nc(OC(C(=O)O)C(OC)(c2ccccc2)c2ccccc2)n1.COc1ccc(CCOC(c2ccccc2)(c2ccccc2)C(Oc2nc(C)cc(C)n2)C(=O)O)cc1OC.Cc1cc(C)nc(OC(C(=O)O)C(C)(c2ccccc2)c2ccccc2)n1. The van der Waals surface area contributed by atoms with Crippen molar-refractivity contribution in [2.45, 2.75) is 139 Å². The van der Waals surface area contributed by atoms with Gasteiger partial charge in [-0.25, -0.2) is 49.1 Å². The van der Waals surface area contributed by atoms with Gasteiger partial charge >= 0.3 is 47.9 Å². The van der Waals surface area contributed by atoms with Crippen molar-refractivity contribution in [2.75, 3.05) is 49.3 Å². The third kappa shape index (κ3) is 25.4. The third-order valence-electron chi connectivity index (χ3n) is 20.2. The zero-order chi connectivity index (χ0) is 89.0. The van der Waals surface area contributed by atoms with E-state index in [1.54, 1.807) is 103 Å². The Hall–Kier alpha value is -14.5. The number of nitrogens with zero attached hydrogens (tertiary/aromatic N) is 8. The lowest BCUT2D eigenvalue weighted by Crippen LogP contribution is -2.51. The minimum absolute atomic E-state index is 0. The quantitative estimate of drug-likeness (QED) is 0.0291. The van der Waals surface area contributed by atoms with Gasteiger partial charge < -0.3 is 72.5 Å². The summed E-state index contributed by atoms with van der Waals surface area (Å²) in [6.45, 7) is 12.9. The van der Waals surface area contributed by atoms with E-state index in [1.165, 1.54) is 34.5 Å². The lowest BCUT2D eigenvalue weighted by molar-refractivity contribution is -0.164. The molecule has 0 amide bonds. The molecule has 0 radical (unpaired) electrons. The zero-order valence-corrected chi connectivity index (χ0v) is 70.8. The van der Waals surface area contributed by atoms with Gasteiger partial charge in [-0.1, -0.05) is 286 Å². The number of rotatable bonds is 34. The molecule has 13 rings (SSSR count). The second kappa shape index (κ2) is 49.4. The number of aliphatic carboxylic acids is 4. The highest BCUT2D eigenvalue weighted by Gasteiger charge is 2.53. The number of aromatic nitrogens is 8. The van der Waals surface area contributed by atoms with E-state index in [0.29, 0.717) is 74.1 Å². The minimum Gasteiger partial charge on any atom is -0.493 e. The van der Waals surface area contributed by atoms with Crippen molar-refractivity contribution in [3.8, 4) is 47.3 Å². The summed E-state index contributed by atoms with van der Waals surface area (Å²) >= 11 is 0. The highest BCUT2D eigenvalue weighted by Crippen LogP contribution is 2.44. The Labute approximate surface area is 756 Å². The van der Waals surface area contributed by atoms with Crippen LogP contribution in [0.3, 0.4) is 0 Å². The van der Waals surface area contributed by atoms with E-state index in [-0.39, 0.29) is 79.5 Å². The van der Waals surface area contributed by atoms with Gasteiger partial charge in [0.15, 0.2) is 28.3 Å². The second-order valence-electron chi connectivity index (χ2n) is 28.4. The molecule has 0 spiro atoms. The molecular weight excluding hydrogens is 1640 g/mol. The number of carboxylic acids is 4. The molecule has 4 atom stereocenters. The summed E-state index contributed by atoms with van der Waals surface area (Å²) in [5, 5.41) is 40.9. The topological polar surface area (TPSA) is 354 Å². The highest BCUT2D eigenvalue weighted by molar-refractivity contribution is 5.79. The maximum atomic E-state index is 13.0. The van der Waals surface area contributed by atoms with Crippen molar-refractivity contribution < 1.29 is 91.7 Å². The Kier molecular flexibility index (Phi) is 40.2. The Morgan fingerprint density at radius 3 is 0.775 bits per heavy atom. The van der Waals surface area contributed by atoms with E-state index in [1.807, 2.05) is 239 Å². The molecule has 129 heavy (non-hydrogen) atoms. The van der Waals surface area contributed by atoms with Crippen LogP contribution in [0.4, 0.5) is 0 Å². The first-order valence-electron chi connectivity index (χ1n) is 39.2. The smallest absolute Gasteiger partial charge is 0.348 e. The van der Waals surface area contributed by atoms with Crippen molar-refractivity contribution >= 4 is 23.9 Å². The maximum Gasteiger partial charge on any atom is 0.348 e. The van der Waals surface area contributed by atoms with Gasteiger partial charge in [0.1, 0.15) is 0 Å². The Morgan fingerprint density at radius 1 is 0.287 bits per heavy atom. The summed E-state index contributed by atoms with van der Waals surface area (Å²) in [5.74, 6) is -3.16. The first-order valence-corrected chi connectivity index (χ1v) is 39.2. The van der Waals surface area contributed by atoms with Gasteiger partial charge in [0.2, 0.25) is 36.2 Å². The molecule has 0 fully saturated rings. The fraction of sp³-hybridized carbons (Fsp3) is 0.275. The van der Waals surface area contributed by atoms with Crippen molar-refractivity contribution in [2.24, 2.45) is 0 Å². The van der Waals surface area contributed by atoms with E-state index in [4.69, 9.17) is 52.1 Å². The Balaban J connectivity index is 0.000000304. The van der Waals surface area contributed by atoms with Gasteiger partial charge in [-0.05, 0) is 135 Å². The molecule has 13 aromatic rings. The third-order valence-corrected chi connectivity index (χ3v) is 20.2. The summed E-state index contributed by atoms with van der Waals surface area (Å²) in [7, 11) is 8.92. The van der Waals surface area contributed by atoms with Crippen molar-refractivity contribution in [3.05, 3.63) is 369 Å². The molecule has 4 aromatic heterocycles. The number of benzene rings is 9. The lowest BCUT2D eigenvalue weighted by Gasteiger charge is -2.39. The molecule has 0 aliphatic heterocycles. The number of hydrogen-bond acceptors (Lipinski definition) is 23.